The second kappa shape index (κ2) is 10.7. The minimum absolute atomic E-state index is 0.226. The Kier molecular flexibility index (Phi) is 7.63. The third-order valence-corrected chi connectivity index (χ3v) is 6.13. The average Bonchev–Trinajstić information content (AvgIpc) is 2.79. The number of fused-ring (bicyclic) bond motifs is 1. The third-order valence-electron chi connectivity index (χ3n) is 4.77. The van der Waals surface area contributed by atoms with Gasteiger partial charge in [-0.05, 0) is 76.9 Å². The highest BCUT2D eigenvalue weighted by Gasteiger charge is 2.13. The van der Waals surface area contributed by atoms with Gasteiger partial charge in [-0.1, -0.05) is 33.6 Å². The number of carbonyl (C=O) groups excluding carboxylic acids is 1. The molecular weight excluding hydrogens is 607 g/mol. The molecule has 1 N–H and O–H groups in total. The average molecular weight is 623 g/mol. The molecule has 0 bridgehead atoms. The van der Waals surface area contributed by atoms with Gasteiger partial charge in [0.2, 0.25) is 0 Å². The number of hydrogen-bond acceptors (Lipinski definition) is 5. The lowest BCUT2D eigenvalue weighted by molar-refractivity contribution is -0.118. The normalized spacial score (nSPS) is 11.2. The molecule has 0 radical (unpaired) electrons. The van der Waals surface area contributed by atoms with E-state index in [0.29, 0.717) is 32.5 Å². The Morgan fingerprint density at radius 3 is 2.77 bits per heavy atom. The largest absolute Gasteiger partial charge is 0.481 e. The van der Waals surface area contributed by atoms with E-state index in [1.165, 1.54) is 29.1 Å². The lowest BCUT2D eigenvalue weighted by atomic mass is 10.2. The molecule has 11 heteroatoms. The first-order chi connectivity index (χ1) is 16.7. The fourth-order valence-electron chi connectivity index (χ4n) is 3.21. The maximum absolute atomic E-state index is 13.3. The van der Waals surface area contributed by atoms with E-state index >= 15 is 0 Å². The van der Waals surface area contributed by atoms with Crippen molar-refractivity contribution in [1.82, 2.24) is 9.66 Å². The van der Waals surface area contributed by atoms with Crippen molar-refractivity contribution < 1.29 is 13.9 Å². The molecule has 1 heterocycles. The second-order valence-corrected chi connectivity index (χ2v) is 9.52. The van der Waals surface area contributed by atoms with E-state index in [1.807, 2.05) is 6.07 Å². The highest BCUT2D eigenvalue weighted by Crippen LogP contribution is 2.34. The number of hydrogen-bond donors (Lipinski definition) is 1. The molecule has 0 aliphatic heterocycles. The molecular formula is C24H16Br2ClFN4O3. The zero-order valence-corrected chi connectivity index (χ0v) is 22.0. The lowest BCUT2D eigenvalue weighted by Crippen LogP contribution is -2.21. The SMILES string of the molecule is Cc1nc2ccc(Br)cc2c(=O)n1N=Cc1cc(Cl)c(OCC(=O)Nc2cccc(F)c2)c(Br)c1. The van der Waals surface area contributed by atoms with Crippen LogP contribution < -0.4 is 15.6 Å². The Bertz CT molecular complexity index is 1520. The molecule has 4 rings (SSSR count). The van der Waals surface area contributed by atoms with Crippen LogP contribution in [0.4, 0.5) is 10.1 Å². The summed E-state index contributed by atoms with van der Waals surface area (Å²) in [5, 5.41) is 7.48. The Balaban J connectivity index is 1.51. The van der Waals surface area contributed by atoms with Crippen molar-refractivity contribution >= 4 is 72.2 Å². The molecule has 0 saturated carbocycles. The summed E-state index contributed by atoms with van der Waals surface area (Å²) in [6.07, 6.45) is 1.47. The van der Waals surface area contributed by atoms with Crippen molar-refractivity contribution in [3.63, 3.8) is 0 Å². The maximum atomic E-state index is 13.3. The van der Waals surface area contributed by atoms with Gasteiger partial charge in [0.05, 0.1) is 26.6 Å². The van der Waals surface area contributed by atoms with Crippen LogP contribution in [0.25, 0.3) is 10.9 Å². The van der Waals surface area contributed by atoms with Gasteiger partial charge < -0.3 is 10.1 Å². The van der Waals surface area contributed by atoms with Gasteiger partial charge >= 0.3 is 0 Å². The first kappa shape index (κ1) is 25.0. The first-order valence-electron chi connectivity index (χ1n) is 10.1. The molecule has 1 aromatic heterocycles. The number of carbonyl (C=O) groups is 1. The predicted octanol–water partition coefficient (Wildman–Crippen LogP) is 5.92. The van der Waals surface area contributed by atoms with Crippen LogP contribution in [0.5, 0.6) is 5.75 Å². The fourth-order valence-corrected chi connectivity index (χ4v) is 4.56. The van der Waals surface area contributed by atoms with Crippen LogP contribution in [-0.4, -0.2) is 28.4 Å². The topological polar surface area (TPSA) is 85.6 Å². The molecule has 1 amide bonds. The summed E-state index contributed by atoms with van der Waals surface area (Å²) in [6.45, 7) is 1.35. The highest BCUT2D eigenvalue weighted by atomic mass is 79.9. The van der Waals surface area contributed by atoms with Crippen LogP contribution in [0.2, 0.25) is 5.02 Å². The zero-order valence-electron chi connectivity index (χ0n) is 18.1. The van der Waals surface area contributed by atoms with Crippen LogP contribution in [0.1, 0.15) is 11.4 Å². The van der Waals surface area contributed by atoms with Crippen molar-refractivity contribution in [2.75, 3.05) is 11.9 Å². The Labute approximate surface area is 220 Å². The summed E-state index contributed by atoms with van der Waals surface area (Å²) in [5.74, 6) is -0.259. The number of benzene rings is 3. The van der Waals surface area contributed by atoms with Crippen LogP contribution in [0.15, 0.2) is 73.4 Å². The molecule has 0 saturated heterocycles. The van der Waals surface area contributed by atoms with Crippen LogP contribution in [0.3, 0.4) is 0 Å². The smallest absolute Gasteiger partial charge is 0.282 e. The minimum Gasteiger partial charge on any atom is -0.481 e. The third kappa shape index (κ3) is 5.95. The van der Waals surface area contributed by atoms with E-state index in [-0.39, 0.29) is 22.9 Å². The van der Waals surface area contributed by atoms with E-state index in [4.69, 9.17) is 16.3 Å². The van der Waals surface area contributed by atoms with Gasteiger partial charge in [0.15, 0.2) is 12.4 Å². The van der Waals surface area contributed by atoms with Crippen molar-refractivity contribution in [3.05, 3.63) is 96.1 Å². The van der Waals surface area contributed by atoms with E-state index < -0.39 is 11.7 Å². The summed E-state index contributed by atoms with van der Waals surface area (Å²) >= 11 is 13.1. The fraction of sp³-hybridized carbons (Fsp3) is 0.0833. The van der Waals surface area contributed by atoms with Crippen LogP contribution >= 0.6 is 43.5 Å². The molecule has 0 aliphatic carbocycles. The summed E-state index contributed by atoms with van der Waals surface area (Å²) in [7, 11) is 0. The zero-order chi connectivity index (χ0) is 25.1. The van der Waals surface area contributed by atoms with Crippen molar-refractivity contribution in [1.29, 1.82) is 0 Å². The summed E-state index contributed by atoms with van der Waals surface area (Å²) in [6, 6.07) is 14.1. The highest BCUT2D eigenvalue weighted by molar-refractivity contribution is 9.10. The molecule has 0 unspecified atom stereocenters. The van der Waals surface area contributed by atoms with Crippen molar-refractivity contribution in [3.8, 4) is 5.75 Å². The molecule has 35 heavy (non-hydrogen) atoms. The van der Waals surface area contributed by atoms with Gasteiger partial charge in [0, 0.05) is 10.2 Å². The molecule has 0 fully saturated rings. The van der Waals surface area contributed by atoms with E-state index in [0.717, 1.165) is 4.47 Å². The quantitative estimate of drug-likeness (QED) is 0.271. The minimum atomic E-state index is -0.477. The Hall–Kier alpha value is -3.08. The molecule has 4 aromatic rings. The van der Waals surface area contributed by atoms with Gasteiger partial charge in [0.1, 0.15) is 11.6 Å². The standard InChI is InChI=1S/C24H16Br2ClFN4O3/c1-13-30-21-6-5-15(25)9-18(21)24(34)32(13)29-11-14-7-19(26)23(20(27)8-14)35-12-22(33)31-17-4-2-3-16(28)10-17/h2-11H,12H2,1H3,(H,31,33). The van der Waals surface area contributed by atoms with Gasteiger partial charge in [0.25, 0.3) is 11.5 Å². The van der Waals surface area contributed by atoms with Crippen LogP contribution in [0, 0.1) is 12.7 Å². The van der Waals surface area contributed by atoms with Crippen LogP contribution in [-0.2, 0) is 4.79 Å². The summed E-state index contributed by atoms with van der Waals surface area (Å²) in [5.41, 5.74) is 1.17. The summed E-state index contributed by atoms with van der Waals surface area (Å²) in [4.78, 5) is 29.5. The number of ether oxygens (including phenoxy) is 1. The van der Waals surface area contributed by atoms with Gasteiger partial charge in [-0.15, -0.1) is 0 Å². The Morgan fingerprint density at radius 1 is 1.23 bits per heavy atom. The van der Waals surface area contributed by atoms with Gasteiger partial charge in [-0.3, -0.25) is 9.59 Å². The number of amides is 1. The van der Waals surface area contributed by atoms with Gasteiger partial charge in [-0.2, -0.15) is 9.78 Å². The van der Waals surface area contributed by atoms with Crippen molar-refractivity contribution in [2.24, 2.45) is 5.10 Å². The lowest BCUT2D eigenvalue weighted by Gasteiger charge is -2.11. The number of aromatic nitrogens is 2. The number of rotatable bonds is 6. The second-order valence-electron chi connectivity index (χ2n) is 7.34. The van der Waals surface area contributed by atoms with E-state index in [2.05, 4.69) is 47.3 Å². The van der Waals surface area contributed by atoms with E-state index in [1.54, 1.807) is 37.3 Å². The number of nitrogens with zero attached hydrogens (tertiary/aromatic N) is 3. The molecule has 7 nitrogen and oxygen atoms in total. The molecule has 0 spiro atoms. The Morgan fingerprint density at radius 2 is 2.03 bits per heavy atom. The van der Waals surface area contributed by atoms with Crippen molar-refractivity contribution in [2.45, 2.75) is 6.92 Å². The first-order valence-corrected chi connectivity index (χ1v) is 12.1. The number of anilines is 1. The predicted molar refractivity (Wildman–Crippen MR) is 141 cm³/mol. The molecule has 0 aliphatic rings. The maximum Gasteiger partial charge on any atom is 0.282 e. The number of nitrogens with one attached hydrogen (secondary N) is 1. The molecule has 0 atom stereocenters. The monoisotopic (exact) mass is 620 g/mol. The molecule has 178 valence electrons. The number of aryl methyl sites for hydroxylation is 1. The number of halogens is 4. The molecule has 3 aromatic carbocycles. The summed E-state index contributed by atoms with van der Waals surface area (Å²) < 4.78 is 21.3. The van der Waals surface area contributed by atoms with Gasteiger partial charge in [-0.25, -0.2) is 9.37 Å². The van der Waals surface area contributed by atoms with E-state index in [9.17, 15) is 14.0 Å².